The van der Waals surface area contributed by atoms with Gasteiger partial charge in [-0.25, -0.2) is 0 Å². The van der Waals surface area contributed by atoms with E-state index in [4.69, 9.17) is 0 Å². The van der Waals surface area contributed by atoms with Gasteiger partial charge in [0.05, 0.1) is 23.9 Å². The summed E-state index contributed by atoms with van der Waals surface area (Å²) in [5, 5.41) is 41.5. The van der Waals surface area contributed by atoms with Crippen molar-refractivity contribution in [2.45, 2.75) is 104 Å². The predicted octanol–water partition coefficient (Wildman–Crippen LogP) is -0.0544. The third-order valence-corrected chi connectivity index (χ3v) is 4.71. The van der Waals surface area contributed by atoms with Gasteiger partial charge in [-0.15, -0.1) is 0 Å². The minimum atomic E-state index is -1.48. The molecule has 9 heteroatoms. The van der Waals surface area contributed by atoms with Gasteiger partial charge in [-0.1, -0.05) is 78.1 Å². The van der Waals surface area contributed by atoms with E-state index in [0.29, 0.717) is 25.0 Å². The average Bonchev–Trinajstić information content (AvgIpc) is 2.71. The Morgan fingerprint density at radius 1 is 0.515 bits per heavy atom. The van der Waals surface area contributed by atoms with Crippen molar-refractivity contribution in [3.63, 3.8) is 0 Å². The van der Waals surface area contributed by atoms with E-state index < -0.39 is 23.9 Å². The zero-order valence-corrected chi connectivity index (χ0v) is 22.7. The third-order valence-electron chi connectivity index (χ3n) is 4.71. The first-order valence-corrected chi connectivity index (χ1v) is 11.4. The fraction of sp³-hybridized carbons (Fsp3) is 0.667. The van der Waals surface area contributed by atoms with Crippen molar-refractivity contribution in [1.29, 1.82) is 0 Å². The van der Waals surface area contributed by atoms with Crippen LogP contribution in [0.2, 0.25) is 0 Å². The average molecular weight is 571 g/mol. The van der Waals surface area contributed by atoms with Crippen LogP contribution < -0.4 is 20.4 Å². The second kappa shape index (κ2) is 24.8. The van der Waals surface area contributed by atoms with Crippen molar-refractivity contribution < 1.29 is 39.6 Å². The molecule has 184 valence electrons. The monoisotopic (exact) mass is 572 g/mol. The van der Waals surface area contributed by atoms with Crippen LogP contribution in [0.25, 0.3) is 0 Å². The smallest absolute Gasteiger partial charge is 0.545 e. The molecule has 0 aliphatic carbocycles. The van der Waals surface area contributed by atoms with Crippen molar-refractivity contribution in [3.8, 4) is 0 Å². The van der Waals surface area contributed by atoms with E-state index in [1.165, 1.54) is 12.8 Å². The van der Waals surface area contributed by atoms with Crippen LogP contribution in [-0.2, 0) is 19.2 Å². The van der Waals surface area contributed by atoms with Gasteiger partial charge >= 0.3 is 23.9 Å². The maximum atomic E-state index is 10.5. The molecule has 0 aromatic heterocycles. The number of carboxylic acid groups (broad SMARTS) is 4. The van der Waals surface area contributed by atoms with Gasteiger partial charge in [-0.2, -0.15) is 0 Å². The Morgan fingerprint density at radius 3 is 1.03 bits per heavy atom. The van der Waals surface area contributed by atoms with E-state index in [-0.39, 0.29) is 47.9 Å². The Morgan fingerprint density at radius 2 is 0.788 bits per heavy atom. The Balaban J connectivity index is -0.000000529. The first kappa shape index (κ1) is 35.7. The van der Waals surface area contributed by atoms with Crippen molar-refractivity contribution in [1.82, 2.24) is 0 Å². The molecule has 0 rings (SSSR count). The number of aliphatic carboxylic acids is 4. The minimum absolute atomic E-state index is 0. The molecule has 0 aliphatic heterocycles. The van der Waals surface area contributed by atoms with E-state index in [1.54, 1.807) is 0 Å². The van der Waals surface area contributed by atoms with Crippen LogP contribution in [0.3, 0.4) is 0 Å². The normalized spacial score (nSPS) is 11.1. The first-order chi connectivity index (χ1) is 15.1. The molecule has 0 atom stereocenters. The maximum absolute atomic E-state index is 10.5. The van der Waals surface area contributed by atoms with Crippen LogP contribution in [0.15, 0.2) is 23.3 Å². The van der Waals surface area contributed by atoms with Gasteiger partial charge in [-0.05, 0) is 49.0 Å². The summed E-state index contributed by atoms with van der Waals surface area (Å²) >= 11 is 0. The predicted molar refractivity (Wildman–Crippen MR) is 118 cm³/mol. The second-order valence-electron chi connectivity index (χ2n) is 7.59. The standard InChI is InChI=1S/2C12H20O4.Sn/c2*1-2-3-4-5-6-7-8-10(12(15)16)9-11(13)14;/h2*9H,2-8H2,1H3,(H,13,14)(H,15,16);/q;;+4/p-4/b2*10-9-;. The van der Waals surface area contributed by atoms with E-state index in [0.717, 1.165) is 51.4 Å². The summed E-state index contributed by atoms with van der Waals surface area (Å²) in [6.45, 7) is 4.24. The molecular formula is C24H36O8Sn. The van der Waals surface area contributed by atoms with E-state index in [9.17, 15) is 39.6 Å². The topological polar surface area (TPSA) is 161 Å². The summed E-state index contributed by atoms with van der Waals surface area (Å²) in [6, 6.07) is 0. The van der Waals surface area contributed by atoms with Crippen LogP contribution in [0, 0.1) is 0 Å². The molecule has 0 aromatic carbocycles. The summed E-state index contributed by atoms with van der Waals surface area (Å²) in [5.74, 6) is -5.80. The number of carbonyl (C=O) groups is 4. The van der Waals surface area contributed by atoms with Gasteiger partial charge in [0.15, 0.2) is 0 Å². The fourth-order valence-corrected chi connectivity index (χ4v) is 2.94. The molecule has 0 radical (unpaired) electrons. The van der Waals surface area contributed by atoms with Crippen molar-refractivity contribution in [2.75, 3.05) is 0 Å². The van der Waals surface area contributed by atoms with Crippen molar-refractivity contribution in [3.05, 3.63) is 23.3 Å². The molecular weight excluding hydrogens is 535 g/mol. The maximum Gasteiger partial charge on any atom is 4.00 e. The number of carboxylic acids is 4. The van der Waals surface area contributed by atoms with Crippen LogP contribution in [0.1, 0.15) is 104 Å². The molecule has 0 amide bonds. The Hall–Kier alpha value is -1.84. The SMILES string of the molecule is CCCCCCCC/C(=C/C(=O)[O-])C(=O)[O-].CCCCCCCC/C(=C/C(=O)[O-])C(=O)[O-].[Sn+4]. The summed E-state index contributed by atoms with van der Waals surface area (Å²) in [7, 11) is 0. The molecule has 8 nitrogen and oxygen atoms in total. The second-order valence-corrected chi connectivity index (χ2v) is 7.59. The largest absolute Gasteiger partial charge is 4.00 e. The molecule has 0 unspecified atom stereocenters. The van der Waals surface area contributed by atoms with E-state index in [2.05, 4.69) is 13.8 Å². The van der Waals surface area contributed by atoms with Crippen molar-refractivity contribution >= 4 is 47.8 Å². The summed E-state index contributed by atoms with van der Waals surface area (Å²) in [6.07, 6.45) is 14.0. The number of carbonyl (C=O) groups excluding carboxylic acids is 4. The van der Waals surface area contributed by atoms with E-state index >= 15 is 0 Å². The molecule has 0 saturated heterocycles. The molecule has 0 saturated carbocycles. The fourth-order valence-electron chi connectivity index (χ4n) is 2.94. The third kappa shape index (κ3) is 26.3. The van der Waals surface area contributed by atoms with Gasteiger partial charge in [0, 0.05) is 0 Å². The molecule has 0 fully saturated rings. The molecule has 33 heavy (non-hydrogen) atoms. The van der Waals surface area contributed by atoms with Crippen LogP contribution in [0.4, 0.5) is 0 Å². The Kier molecular flexibility index (Phi) is 26.9. The van der Waals surface area contributed by atoms with Crippen molar-refractivity contribution in [2.24, 2.45) is 0 Å². The molecule has 0 bridgehead atoms. The van der Waals surface area contributed by atoms with Crippen LogP contribution >= 0.6 is 0 Å². The summed E-state index contributed by atoms with van der Waals surface area (Å²) < 4.78 is 0. The first-order valence-electron chi connectivity index (χ1n) is 11.4. The number of hydrogen-bond acceptors (Lipinski definition) is 8. The quantitative estimate of drug-likeness (QED) is 0.126. The minimum Gasteiger partial charge on any atom is -0.545 e. The summed E-state index contributed by atoms with van der Waals surface area (Å²) in [5.41, 5.74) is -0.369. The zero-order valence-electron chi connectivity index (χ0n) is 19.8. The van der Waals surface area contributed by atoms with Gasteiger partial charge in [0.2, 0.25) is 0 Å². The Labute approximate surface area is 214 Å². The molecule has 0 heterocycles. The van der Waals surface area contributed by atoms with Gasteiger partial charge in [-0.3, -0.25) is 0 Å². The molecule has 0 N–H and O–H groups in total. The summed E-state index contributed by atoms with van der Waals surface area (Å²) in [4.78, 5) is 41.5. The molecule has 0 aromatic rings. The van der Waals surface area contributed by atoms with Crippen LogP contribution in [0.5, 0.6) is 0 Å². The Bertz CT molecular complexity index is 572. The van der Waals surface area contributed by atoms with Gasteiger partial charge in [0.25, 0.3) is 0 Å². The van der Waals surface area contributed by atoms with E-state index in [1.807, 2.05) is 0 Å². The number of unbranched alkanes of at least 4 members (excludes halogenated alkanes) is 10. The zero-order chi connectivity index (χ0) is 24.8. The number of rotatable bonds is 18. The number of hydrogen-bond donors (Lipinski definition) is 0. The van der Waals surface area contributed by atoms with Crippen LogP contribution in [-0.4, -0.2) is 47.8 Å². The van der Waals surface area contributed by atoms with Gasteiger partial charge in [0.1, 0.15) is 0 Å². The molecule has 0 spiro atoms. The molecule has 0 aliphatic rings. The van der Waals surface area contributed by atoms with Gasteiger partial charge < -0.3 is 39.6 Å².